The van der Waals surface area contributed by atoms with E-state index in [1.807, 2.05) is 49.4 Å². The summed E-state index contributed by atoms with van der Waals surface area (Å²) < 4.78 is 19.8. The third kappa shape index (κ3) is 6.75. The van der Waals surface area contributed by atoms with Gasteiger partial charge in [0.2, 0.25) is 0 Å². The minimum atomic E-state index is -0.738. The van der Waals surface area contributed by atoms with Gasteiger partial charge in [-0.3, -0.25) is 9.36 Å². The van der Waals surface area contributed by atoms with Crippen molar-refractivity contribution in [2.75, 3.05) is 13.2 Å². The lowest BCUT2D eigenvalue weighted by Gasteiger charge is -2.24. The van der Waals surface area contributed by atoms with Crippen molar-refractivity contribution in [2.45, 2.75) is 33.4 Å². The number of benzene rings is 3. The van der Waals surface area contributed by atoms with Crippen molar-refractivity contribution in [1.29, 1.82) is 0 Å². The Labute approximate surface area is 270 Å². The van der Waals surface area contributed by atoms with Crippen LogP contribution in [0, 0.1) is 0 Å². The molecule has 0 aliphatic carbocycles. The molecule has 1 aromatic heterocycles. The van der Waals surface area contributed by atoms with Crippen LogP contribution in [0.15, 0.2) is 86.2 Å². The Kier molecular flexibility index (Phi) is 9.76. The van der Waals surface area contributed by atoms with Crippen molar-refractivity contribution in [3.63, 3.8) is 0 Å². The third-order valence-electron chi connectivity index (χ3n) is 6.62. The molecule has 0 spiro atoms. The second-order valence-corrected chi connectivity index (χ2v) is 12.3. The molecular weight excluding hydrogens is 675 g/mol. The molecule has 0 fully saturated rings. The maximum Gasteiger partial charge on any atom is 0.338 e. The third-order valence-corrected chi connectivity index (χ3v) is 8.65. The number of fused-ring (bicyclic) bond motifs is 1. The number of allylic oxidation sites excluding steroid dienone is 1. The summed E-state index contributed by atoms with van der Waals surface area (Å²) in [5, 5.41) is 1.07. The smallest absolute Gasteiger partial charge is 0.338 e. The van der Waals surface area contributed by atoms with E-state index < -0.39 is 12.0 Å². The van der Waals surface area contributed by atoms with Gasteiger partial charge in [-0.25, -0.2) is 9.79 Å². The highest BCUT2D eigenvalue weighted by Gasteiger charge is 2.33. The van der Waals surface area contributed by atoms with E-state index in [9.17, 15) is 9.59 Å². The van der Waals surface area contributed by atoms with Gasteiger partial charge in [0.1, 0.15) is 18.1 Å². The summed E-state index contributed by atoms with van der Waals surface area (Å²) in [6.07, 6.45) is 1.73. The summed E-state index contributed by atoms with van der Waals surface area (Å²) in [6.45, 7) is 6.36. The second-order valence-electron chi connectivity index (χ2n) is 9.53. The first kappa shape index (κ1) is 31.1. The van der Waals surface area contributed by atoms with Gasteiger partial charge < -0.3 is 14.2 Å². The molecule has 0 N–H and O–H groups in total. The number of ether oxygens (including phenoxy) is 3. The Hall–Kier alpha value is -3.37. The average molecular weight is 702 g/mol. The number of hydrogen-bond acceptors (Lipinski definition) is 7. The molecule has 1 aliphatic heterocycles. The molecule has 0 saturated carbocycles. The molecule has 5 rings (SSSR count). The standard InChI is InChI=1S/C32H27BrCl2N2O5S/c1-4-40-24-11-9-20(10-12-24)28-27(31(39)41-5-2)18(3)36-32-37(28)30(38)26(43-32)15-21-14-23(35)16-25(33)29(21)42-17-19-7-6-8-22(34)13-19/h6-16,28H,4-5,17H2,1-3H3/b26-15-/t28-/m1/s1. The number of carbonyl (C=O) groups is 1. The molecule has 0 bridgehead atoms. The Morgan fingerprint density at radius 2 is 1.81 bits per heavy atom. The van der Waals surface area contributed by atoms with E-state index in [4.69, 9.17) is 37.4 Å². The van der Waals surface area contributed by atoms with Crippen molar-refractivity contribution in [1.82, 2.24) is 4.57 Å². The topological polar surface area (TPSA) is 79.1 Å². The second kappa shape index (κ2) is 13.5. The maximum atomic E-state index is 14.1. The van der Waals surface area contributed by atoms with Gasteiger partial charge in [-0.15, -0.1) is 0 Å². The molecule has 43 heavy (non-hydrogen) atoms. The zero-order chi connectivity index (χ0) is 30.7. The van der Waals surface area contributed by atoms with Crippen LogP contribution in [0.25, 0.3) is 6.08 Å². The number of thiazole rings is 1. The first-order chi connectivity index (χ1) is 20.7. The molecule has 0 amide bonds. The molecule has 0 radical (unpaired) electrons. The molecule has 7 nitrogen and oxygen atoms in total. The predicted octanol–water partition coefficient (Wildman–Crippen LogP) is 6.85. The number of carbonyl (C=O) groups excluding carboxylic acids is 1. The molecule has 11 heteroatoms. The summed E-state index contributed by atoms with van der Waals surface area (Å²) in [5.41, 5.74) is 2.70. The fraction of sp³-hybridized carbons (Fsp3) is 0.219. The summed E-state index contributed by atoms with van der Waals surface area (Å²) in [7, 11) is 0. The molecule has 1 atom stereocenters. The fourth-order valence-corrected chi connectivity index (χ4v) is 6.98. The lowest BCUT2D eigenvalue weighted by atomic mass is 9.96. The highest BCUT2D eigenvalue weighted by atomic mass is 79.9. The molecule has 2 heterocycles. The SMILES string of the molecule is CCOC(=O)C1=C(C)N=c2s/c(=C\c3cc(Cl)cc(Br)c3OCc3cccc(Cl)c3)c(=O)n2[C@@H]1c1ccc(OCC)cc1. The van der Waals surface area contributed by atoms with Gasteiger partial charge in [-0.1, -0.05) is 58.8 Å². The van der Waals surface area contributed by atoms with Gasteiger partial charge in [0.05, 0.1) is 39.5 Å². The Morgan fingerprint density at radius 3 is 2.51 bits per heavy atom. The minimum absolute atomic E-state index is 0.192. The van der Waals surface area contributed by atoms with E-state index >= 15 is 0 Å². The quantitative estimate of drug-likeness (QED) is 0.179. The zero-order valence-electron chi connectivity index (χ0n) is 23.5. The number of esters is 1. The molecular formula is C32H27BrCl2N2O5S. The summed E-state index contributed by atoms with van der Waals surface area (Å²) in [5.74, 6) is 0.683. The zero-order valence-corrected chi connectivity index (χ0v) is 27.4. The predicted molar refractivity (Wildman–Crippen MR) is 173 cm³/mol. The Morgan fingerprint density at radius 1 is 1.05 bits per heavy atom. The largest absolute Gasteiger partial charge is 0.494 e. The van der Waals surface area contributed by atoms with Gasteiger partial charge in [-0.2, -0.15) is 0 Å². The number of hydrogen-bond donors (Lipinski definition) is 0. The Balaban J connectivity index is 1.63. The molecule has 1 aliphatic rings. The maximum absolute atomic E-state index is 14.1. The van der Waals surface area contributed by atoms with Gasteiger partial charge in [-0.05, 0) is 90.3 Å². The molecule has 0 saturated heterocycles. The van der Waals surface area contributed by atoms with E-state index in [2.05, 4.69) is 20.9 Å². The van der Waals surface area contributed by atoms with Crippen molar-refractivity contribution < 1.29 is 19.0 Å². The van der Waals surface area contributed by atoms with Gasteiger partial charge in [0, 0.05) is 15.6 Å². The van der Waals surface area contributed by atoms with Gasteiger partial charge in [0.15, 0.2) is 4.80 Å². The fourth-order valence-electron chi connectivity index (χ4n) is 4.78. The van der Waals surface area contributed by atoms with Crippen molar-refractivity contribution in [3.8, 4) is 11.5 Å². The first-order valence-corrected chi connectivity index (χ1v) is 15.8. The lowest BCUT2D eigenvalue weighted by molar-refractivity contribution is -0.139. The molecule has 4 aromatic rings. The number of nitrogens with zero attached hydrogens (tertiary/aromatic N) is 2. The monoisotopic (exact) mass is 700 g/mol. The number of halogens is 3. The highest BCUT2D eigenvalue weighted by Crippen LogP contribution is 2.35. The lowest BCUT2D eigenvalue weighted by Crippen LogP contribution is -2.39. The van der Waals surface area contributed by atoms with Gasteiger partial charge in [0.25, 0.3) is 5.56 Å². The number of rotatable bonds is 9. The van der Waals surface area contributed by atoms with Crippen LogP contribution in [0.2, 0.25) is 10.0 Å². The van der Waals surface area contributed by atoms with Crippen LogP contribution in [-0.2, 0) is 16.1 Å². The van der Waals surface area contributed by atoms with Crippen LogP contribution in [0.5, 0.6) is 11.5 Å². The first-order valence-electron chi connectivity index (χ1n) is 13.5. The van der Waals surface area contributed by atoms with Crippen molar-refractivity contribution >= 4 is 62.5 Å². The molecule has 222 valence electrons. The van der Waals surface area contributed by atoms with Crippen LogP contribution in [0.1, 0.15) is 43.5 Å². The van der Waals surface area contributed by atoms with E-state index in [1.165, 1.54) is 15.9 Å². The summed E-state index contributed by atoms with van der Waals surface area (Å²) in [4.78, 5) is 32.4. The highest BCUT2D eigenvalue weighted by molar-refractivity contribution is 9.10. The van der Waals surface area contributed by atoms with E-state index in [0.29, 0.717) is 58.8 Å². The van der Waals surface area contributed by atoms with Crippen LogP contribution < -0.4 is 24.4 Å². The van der Waals surface area contributed by atoms with Crippen LogP contribution in [-0.4, -0.2) is 23.8 Å². The summed E-state index contributed by atoms with van der Waals surface area (Å²) >= 11 is 17.3. The van der Waals surface area contributed by atoms with Crippen LogP contribution in [0.4, 0.5) is 0 Å². The number of aromatic nitrogens is 1. The van der Waals surface area contributed by atoms with Crippen molar-refractivity contribution in [3.05, 3.63) is 123 Å². The normalized spacial score (nSPS) is 14.7. The minimum Gasteiger partial charge on any atom is -0.494 e. The van der Waals surface area contributed by atoms with Gasteiger partial charge >= 0.3 is 5.97 Å². The Bertz CT molecular complexity index is 1900. The average Bonchev–Trinajstić information content (AvgIpc) is 3.26. The van der Waals surface area contributed by atoms with Crippen LogP contribution >= 0.6 is 50.5 Å². The molecule has 3 aromatic carbocycles. The van der Waals surface area contributed by atoms with E-state index in [1.54, 1.807) is 38.1 Å². The van der Waals surface area contributed by atoms with E-state index in [-0.39, 0.29) is 18.8 Å². The summed E-state index contributed by atoms with van der Waals surface area (Å²) in [6, 6.07) is 17.5. The van der Waals surface area contributed by atoms with E-state index in [0.717, 1.165) is 11.1 Å². The van der Waals surface area contributed by atoms with Crippen molar-refractivity contribution in [2.24, 2.45) is 4.99 Å². The van der Waals surface area contributed by atoms with Crippen LogP contribution in [0.3, 0.4) is 0 Å². The molecule has 0 unspecified atom stereocenters.